The second-order valence-corrected chi connectivity index (χ2v) is 4.18. The maximum absolute atomic E-state index is 12.1. The highest BCUT2D eigenvalue weighted by Gasteiger charge is 2.34. The molecule has 1 unspecified atom stereocenters. The smallest absolute Gasteiger partial charge is 0.333 e. The Hall–Kier alpha value is -2.30. The topological polar surface area (TPSA) is 66.8 Å². The van der Waals surface area contributed by atoms with Crippen LogP contribution < -0.4 is 0 Å². The van der Waals surface area contributed by atoms with Crippen LogP contribution >= 0.6 is 0 Å². The Labute approximate surface area is 111 Å². The van der Waals surface area contributed by atoms with Crippen molar-refractivity contribution in [2.45, 2.75) is 19.9 Å². The van der Waals surface area contributed by atoms with Crippen molar-refractivity contribution < 1.29 is 19.4 Å². The number of amides is 1. The Morgan fingerprint density at radius 3 is 2.79 bits per heavy atom. The Morgan fingerprint density at radius 1 is 1.42 bits per heavy atom. The van der Waals surface area contributed by atoms with Gasteiger partial charge in [0.25, 0.3) is 0 Å². The van der Waals surface area contributed by atoms with E-state index < -0.39 is 12.0 Å². The first-order valence-electron chi connectivity index (χ1n) is 6.02. The van der Waals surface area contributed by atoms with Crippen molar-refractivity contribution >= 4 is 18.0 Å². The average Bonchev–Trinajstić information content (AvgIpc) is 2.38. The summed E-state index contributed by atoms with van der Waals surface area (Å²) in [6.07, 6.45) is 3.10. The summed E-state index contributed by atoms with van der Waals surface area (Å²) in [7, 11) is 0. The third-order valence-electron chi connectivity index (χ3n) is 2.96. The number of benzene rings is 1. The third-order valence-corrected chi connectivity index (χ3v) is 2.96. The molecule has 1 atom stereocenters. The number of hydrogen-bond donors (Lipinski definition) is 1. The second-order valence-electron chi connectivity index (χ2n) is 4.18. The molecule has 0 radical (unpaired) electrons. The standard InChI is InChI=1S/C14H15NO4/c1-3-19-14(18)13-11-5-4-6-12(17)10(11)7-8-15(13)9(2)16/h4-8,13,17H,3H2,1-2H3. The zero-order valence-corrected chi connectivity index (χ0v) is 10.8. The van der Waals surface area contributed by atoms with Gasteiger partial charge in [-0.05, 0) is 24.6 Å². The summed E-state index contributed by atoms with van der Waals surface area (Å²) in [5.74, 6) is -0.691. The highest BCUT2D eigenvalue weighted by Crippen LogP contribution is 2.35. The van der Waals surface area contributed by atoms with Gasteiger partial charge in [-0.3, -0.25) is 4.79 Å². The lowest BCUT2D eigenvalue weighted by atomic mass is 9.95. The van der Waals surface area contributed by atoms with E-state index in [-0.39, 0.29) is 18.3 Å². The van der Waals surface area contributed by atoms with Gasteiger partial charge in [-0.15, -0.1) is 0 Å². The van der Waals surface area contributed by atoms with Crippen molar-refractivity contribution in [1.29, 1.82) is 0 Å². The largest absolute Gasteiger partial charge is 0.507 e. The molecule has 100 valence electrons. The van der Waals surface area contributed by atoms with E-state index in [1.165, 1.54) is 24.1 Å². The number of rotatable bonds is 2. The van der Waals surface area contributed by atoms with Gasteiger partial charge in [-0.1, -0.05) is 12.1 Å². The molecule has 1 N–H and O–H groups in total. The van der Waals surface area contributed by atoms with Gasteiger partial charge in [0.05, 0.1) is 6.61 Å². The fourth-order valence-electron chi connectivity index (χ4n) is 2.13. The van der Waals surface area contributed by atoms with Crippen molar-refractivity contribution in [2.24, 2.45) is 0 Å². The van der Waals surface area contributed by atoms with E-state index >= 15 is 0 Å². The molecule has 0 bridgehead atoms. The van der Waals surface area contributed by atoms with Crippen LogP contribution in [0.15, 0.2) is 24.4 Å². The molecular formula is C14H15NO4. The summed E-state index contributed by atoms with van der Waals surface area (Å²) in [5.41, 5.74) is 1.11. The molecular weight excluding hydrogens is 246 g/mol. The normalized spacial score (nSPS) is 16.9. The summed E-state index contributed by atoms with van der Waals surface area (Å²) in [4.78, 5) is 25.0. The molecule has 1 aliphatic rings. The molecule has 0 aromatic heterocycles. The zero-order chi connectivity index (χ0) is 14.0. The number of hydrogen-bond acceptors (Lipinski definition) is 4. The SMILES string of the molecule is CCOC(=O)C1c2cccc(O)c2C=CN1C(C)=O. The number of nitrogens with zero attached hydrogens (tertiary/aromatic N) is 1. The van der Waals surface area contributed by atoms with Crippen molar-refractivity contribution in [3.8, 4) is 5.75 Å². The van der Waals surface area contributed by atoms with E-state index in [0.29, 0.717) is 11.1 Å². The van der Waals surface area contributed by atoms with E-state index in [9.17, 15) is 14.7 Å². The number of esters is 1. The molecule has 0 saturated carbocycles. The first kappa shape index (κ1) is 13.1. The first-order valence-corrected chi connectivity index (χ1v) is 6.02. The summed E-state index contributed by atoms with van der Waals surface area (Å²) in [6, 6.07) is 4.03. The van der Waals surface area contributed by atoms with Gasteiger partial charge >= 0.3 is 5.97 Å². The van der Waals surface area contributed by atoms with Crippen molar-refractivity contribution in [3.05, 3.63) is 35.5 Å². The third kappa shape index (κ3) is 2.31. The number of carbonyl (C=O) groups excluding carboxylic acids is 2. The van der Waals surface area contributed by atoms with Crippen molar-refractivity contribution in [1.82, 2.24) is 4.90 Å². The Bertz CT molecular complexity index is 550. The number of phenols is 1. The molecule has 1 heterocycles. The number of ether oxygens (including phenoxy) is 1. The molecule has 19 heavy (non-hydrogen) atoms. The van der Waals surface area contributed by atoms with Gasteiger partial charge in [0.2, 0.25) is 5.91 Å². The molecule has 1 amide bonds. The van der Waals surface area contributed by atoms with Crippen LogP contribution in [0.4, 0.5) is 0 Å². The molecule has 5 nitrogen and oxygen atoms in total. The Kier molecular flexibility index (Phi) is 3.55. The van der Waals surface area contributed by atoms with Crippen LogP contribution in [-0.4, -0.2) is 28.5 Å². The van der Waals surface area contributed by atoms with E-state index in [1.807, 2.05) is 0 Å². The summed E-state index contributed by atoms with van der Waals surface area (Å²) in [5, 5.41) is 9.80. The lowest BCUT2D eigenvalue weighted by Gasteiger charge is -2.30. The Balaban J connectivity index is 2.51. The van der Waals surface area contributed by atoms with Gasteiger partial charge in [0.1, 0.15) is 5.75 Å². The molecule has 1 aromatic carbocycles. The summed E-state index contributed by atoms with van der Waals surface area (Å²) in [6.45, 7) is 3.32. The maximum atomic E-state index is 12.1. The first-order chi connectivity index (χ1) is 9.06. The van der Waals surface area contributed by atoms with Gasteiger partial charge < -0.3 is 14.7 Å². The van der Waals surface area contributed by atoms with Gasteiger partial charge in [-0.2, -0.15) is 0 Å². The molecule has 0 saturated heterocycles. The van der Waals surface area contributed by atoms with Crippen LogP contribution in [0.5, 0.6) is 5.75 Å². The van der Waals surface area contributed by atoms with E-state index in [2.05, 4.69) is 0 Å². The number of carbonyl (C=O) groups is 2. The quantitative estimate of drug-likeness (QED) is 0.825. The lowest BCUT2D eigenvalue weighted by molar-refractivity contribution is -0.152. The zero-order valence-electron chi connectivity index (χ0n) is 10.8. The molecule has 5 heteroatoms. The van der Waals surface area contributed by atoms with Gasteiger partial charge in [0.15, 0.2) is 6.04 Å². The molecule has 0 fully saturated rings. The minimum Gasteiger partial charge on any atom is -0.507 e. The van der Waals surface area contributed by atoms with E-state index in [0.717, 1.165) is 0 Å². The predicted molar refractivity (Wildman–Crippen MR) is 69.0 cm³/mol. The van der Waals surface area contributed by atoms with Crippen molar-refractivity contribution in [2.75, 3.05) is 6.61 Å². The van der Waals surface area contributed by atoms with Crippen LogP contribution in [-0.2, 0) is 14.3 Å². The van der Waals surface area contributed by atoms with Gasteiger partial charge in [0, 0.05) is 18.7 Å². The van der Waals surface area contributed by atoms with E-state index in [4.69, 9.17) is 4.74 Å². The van der Waals surface area contributed by atoms with Crippen LogP contribution in [0.3, 0.4) is 0 Å². The monoisotopic (exact) mass is 261 g/mol. The van der Waals surface area contributed by atoms with Gasteiger partial charge in [-0.25, -0.2) is 4.79 Å². The number of aromatic hydroxyl groups is 1. The highest BCUT2D eigenvalue weighted by atomic mass is 16.5. The average molecular weight is 261 g/mol. The minimum absolute atomic E-state index is 0.0752. The molecule has 0 spiro atoms. The predicted octanol–water partition coefficient (Wildman–Crippen LogP) is 1.83. The van der Waals surface area contributed by atoms with E-state index in [1.54, 1.807) is 25.1 Å². The molecule has 1 aromatic rings. The number of phenolic OH excluding ortho intramolecular Hbond substituents is 1. The fourth-order valence-corrected chi connectivity index (χ4v) is 2.13. The van der Waals surface area contributed by atoms with Crippen LogP contribution in [0, 0.1) is 0 Å². The summed E-state index contributed by atoms with van der Waals surface area (Å²) >= 11 is 0. The number of fused-ring (bicyclic) bond motifs is 1. The van der Waals surface area contributed by atoms with Crippen molar-refractivity contribution in [3.63, 3.8) is 0 Å². The highest BCUT2D eigenvalue weighted by molar-refractivity contribution is 5.89. The van der Waals surface area contributed by atoms with Crippen LogP contribution in [0.25, 0.3) is 6.08 Å². The maximum Gasteiger partial charge on any atom is 0.333 e. The Morgan fingerprint density at radius 2 is 2.16 bits per heavy atom. The fraction of sp³-hybridized carbons (Fsp3) is 0.286. The van der Waals surface area contributed by atoms with Crippen LogP contribution in [0.1, 0.15) is 31.0 Å². The lowest BCUT2D eigenvalue weighted by Crippen LogP contribution is -2.36. The van der Waals surface area contributed by atoms with Crippen LogP contribution in [0.2, 0.25) is 0 Å². The molecule has 1 aliphatic heterocycles. The summed E-state index contributed by atoms with van der Waals surface area (Å²) < 4.78 is 5.01. The second kappa shape index (κ2) is 5.14. The molecule has 0 aliphatic carbocycles. The molecule has 2 rings (SSSR count). The minimum atomic E-state index is -0.843.